The van der Waals surface area contributed by atoms with Crippen molar-refractivity contribution in [2.24, 2.45) is 7.05 Å². The molecule has 3 aromatic rings. The van der Waals surface area contributed by atoms with Crippen LogP contribution in [0.2, 0.25) is 5.02 Å². The summed E-state index contributed by atoms with van der Waals surface area (Å²) in [4.78, 5) is 28.1. The summed E-state index contributed by atoms with van der Waals surface area (Å²) in [6.07, 6.45) is 3.40. The Balaban J connectivity index is 1.51. The fourth-order valence-corrected chi connectivity index (χ4v) is 5.60. The summed E-state index contributed by atoms with van der Waals surface area (Å²) < 4.78 is 1.92. The van der Waals surface area contributed by atoms with E-state index >= 15 is 0 Å². The van der Waals surface area contributed by atoms with E-state index in [4.69, 9.17) is 11.6 Å². The van der Waals surface area contributed by atoms with E-state index in [0.29, 0.717) is 35.0 Å². The number of benzene rings is 2. The summed E-state index contributed by atoms with van der Waals surface area (Å²) in [6, 6.07) is 17.4. The first-order valence-corrected chi connectivity index (χ1v) is 12.4. The van der Waals surface area contributed by atoms with Gasteiger partial charge in [0.25, 0.3) is 0 Å². The Bertz CT molecular complexity index is 1150. The fourth-order valence-electron chi connectivity index (χ4n) is 4.47. The number of likely N-dealkylation sites (N-methyl/N-ethyl adjacent to an activating group) is 1. The first-order chi connectivity index (χ1) is 15.9. The van der Waals surface area contributed by atoms with E-state index in [1.54, 1.807) is 18.0 Å². The first kappa shape index (κ1) is 23.5. The smallest absolute Gasteiger partial charge is 0.233 e. The summed E-state index contributed by atoms with van der Waals surface area (Å²) in [5, 5.41) is 9.77. The third kappa shape index (κ3) is 4.70. The summed E-state index contributed by atoms with van der Waals surface area (Å²) in [6.45, 7) is 0. The predicted molar refractivity (Wildman–Crippen MR) is 130 cm³/mol. The van der Waals surface area contributed by atoms with E-state index in [2.05, 4.69) is 22.3 Å². The second-order valence-corrected chi connectivity index (χ2v) is 9.68. The van der Waals surface area contributed by atoms with E-state index in [0.717, 1.165) is 24.2 Å². The van der Waals surface area contributed by atoms with Crippen LogP contribution in [0.1, 0.15) is 42.6 Å². The fraction of sp³-hybridized carbons (Fsp3) is 0.360. The zero-order chi connectivity index (χ0) is 23.4. The lowest BCUT2D eigenvalue weighted by molar-refractivity contribution is -0.146. The standard InChI is InChI=1S/C25H27ClN4O2S/c1-29-22(16-18-10-4-3-5-11-18)27-28-24(29)33-17-23(32)30(2)25(15-9-8-14-21(25)31)19-12-6-7-13-20(19)26/h3-7,10-13H,8-9,14-17H2,1-2H3. The molecule has 0 N–H and O–H groups in total. The van der Waals surface area contributed by atoms with Gasteiger partial charge in [0.1, 0.15) is 11.4 Å². The van der Waals surface area contributed by atoms with Gasteiger partial charge in [-0.05, 0) is 30.9 Å². The minimum Gasteiger partial charge on any atom is -0.328 e. The molecule has 33 heavy (non-hydrogen) atoms. The Morgan fingerprint density at radius 3 is 2.58 bits per heavy atom. The lowest BCUT2D eigenvalue weighted by Crippen LogP contribution is -2.54. The largest absolute Gasteiger partial charge is 0.328 e. The van der Waals surface area contributed by atoms with E-state index < -0.39 is 5.54 Å². The highest BCUT2D eigenvalue weighted by atomic mass is 35.5. The van der Waals surface area contributed by atoms with Crippen LogP contribution in [0.25, 0.3) is 0 Å². The molecular formula is C25H27ClN4O2S. The quantitative estimate of drug-likeness (QED) is 0.458. The minimum absolute atomic E-state index is 0.0477. The highest BCUT2D eigenvalue weighted by molar-refractivity contribution is 7.99. The van der Waals surface area contributed by atoms with Gasteiger partial charge in [0.15, 0.2) is 10.9 Å². The normalized spacial score (nSPS) is 18.3. The van der Waals surface area contributed by atoms with Gasteiger partial charge in [-0.2, -0.15) is 0 Å². The summed E-state index contributed by atoms with van der Waals surface area (Å²) in [5.74, 6) is 0.904. The molecule has 1 heterocycles. The van der Waals surface area contributed by atoms with Crippen LogP contribution in [0.5, 0.6) is 0 Å². The van der Waals surface area contributed by atoms with Gasteiger partial charge in [0.2, 0.25) is 5.91 Å². The molecular weight excluding hydrogens is 456 g/mol. The number of thioether (sulfide) groups is 1. The summed E-state index contributed by atoms with van der Waals surface area (Å²) >= 11 is 7.84. The van der Waals surface area contributed by atoms with Gasteiger partial charge in [0, 0.05) is 37.5 Å². The molecule has 0 radical (unpaired) electrons. The second kappa shape index (κ2) is 10.1. The van der Waals surface area contributed by atoms with Crippen LogP contribution in [0.15, 0.2) is 59.8 Å². The summed E-state index contributed by atoms with van der Waals surface area (Å²) in [5.41, 5.74) is 0.839. The van der Waals surface area contributed by atoms with Crippen molar-refractivity contribution in [2.45, 2.75) is 42.8 Å². The van der Waals surface area contributed by atoms with Gasteiger partial charge in [0.05, 0.1) is 5.75 Å². The van der Waals surface area contributed by atoms with Crippen molar-refractivity contribution < 1.29 is 9.59 Å². The second-order valence-electron chi connectivity index (χ2n) is 8.33. The maximum atomic E-state index is 13.3. The maximum Gasteiger partial charge on any atom is 0.233 e. The number of amides is 1. The number of halogens is 1. The van der Waals surface area contributed by atoms with Gasteiger partial charge in [-0.15, -0.1) is 10.2 Å². The zero-order valence-corrected chi connectivity index (χ0v) is 20.4. The average molecular weight is 483 g/mol. The molecule has 0 saturated heterocycles. The molecule has 1 aromatic heterocycles. The Morgan fingerprint density at radius 1 is 1.12 bits per heavy atom. The number of ketones is 1. The third-order valence-corrected chi connectivity index (χ3v) is 7.71. The van der Waals surface area contributed by atoms with Gasteiger partial charge in [-0.25, -0.2) is 0 Å². The minimum atomic E-state index is -1.02. The highest BCUT2D eigenvalue weighted by Gasteiger charge is 2.47. The van der Waals surface area contributed by atoms with Crippen LogP contribution >= 0.6 is 23.4 Å². The number of rotatable bonds is 7. The van der Waals surface area contributed by atoms with Crippen molar-refractivity contribution in [3.8, 4) is 0 Å². The van der Waals surface area contributed by atoms with Gasteiger partial charge >= 0.3 is 0 Å². The Labute approximate surface area is 203 Å². The van der Waals surface area contributed by atoms with Crippen LogP contribution in [0.4, 0.5) is 0 Å². The van der Waals surface area contributed by atoms with E-state index in [1.807, 2.05) is 48.0 Å². The van der Waals surface area contributed by atoms with Crippen molar-refractivity contribution in [1.82, 2.24) is 19.7 Å². The molecule has 1 saturated carbocycles. The van der Waals surface area contributed by atoms with Crippen LogP contribution in [0.3, 0.4) is 0 Å². The Morgan fingerprint density at radius 2 is 1.85 bits per heavy atom. The number of nitrogens with zero attached hydrogens (tertiary/aromatic N) is 4. The molecule has 1 amide bonds. The Kier molecular flexibility index (Phi) is 7.20. The summed E-state index contributed by atoms with van der Waals surface area (Å²) in [7, 11) is 3.62. The van der Waals surface area contributed by atoms with E-state index in [9.17, 15) is 9.59 Å². The Hall–Kier alpha value is -2.64. The van der Waals surface area contributed by atoms with Crippen molar-refractivity contribution in [1.29, 1.82) is 0 Å². The van der Waals surface area contributed by atoms with Crippen molar-refractivity contribution in [2.75, 3.05) is 12.8 Å². The van der Waals surface area contributed by atoms with Crippen LogP contribution < -0.4 is 0 Å². The number of aromatic nitrogens is 3. The molecule has 1 unspecified atom stereocenters. The molecule has 8 heteroatoms. The number of hydrogen-bond donors (Lipinski definition) is 0. The molecule has 0 aliphatic heterocycles. The van der Waals surface area contributed by atoms with Crippen LogP contribution in [-0.4, -0.2) is 44.2 Å². The lowest BCUT2D eigenvalue weighted by Gasteiger charge is -2.44. The number of hydrogen-bond acceptors (Lipinski definition) is 5. The number of carbonyl (C=O) groups excluding carboxylic acids is 2. The highest BCUT2D eigenvalue weighted by Crippen LogP contribution is 2.42. The van der Waals surface area contributed by atoms with Gasteiger partial charge < -0.3 is 9.47 Å². The molecule has 0 spiro atoms. The zero-order valence-electron chi connectivity index (χ0n) is 18.8. The molecule has 1 aliphatic rings. The number of carbonyl (C=O) groups is 2. The van der Waals surface area contributed by atoms with Gasteiger partial charge in [-0.3, -0.25) is 9.59 Å². The molecule has 172 valence electrons. The van der Waals surface area contributed by atoms with Crippen molar-refractivity contribution in [3.63, 3.8) is 0 Å². The SMILES string of the molecule is CN(C(=O)CSc1nnc(Cc2ccccc2)n1C)C1(c2ccccc2Cl)CCCCC1=O. The van der Waals surface area contributed by atoms with Crippen LogP contribution in [0, 0.1) is 0 Å². The molecule has 4 rings (SSSR count). The van der Waals surface area contributed by atoms with E-state index in [-0.39, 0.29) is 17.4 Å². The third-order valence-electron chi connectivity index (χ3n) is 6.37. The predicted octanol–water partition coefficient (Wildman–Crippen LogP) is 4.65. The lowest BCUT2D eigenvalue weighted by atomic mass is 9.74. The molecule has 1 atom stereocenters. The van der Waals surface area contributed by atoms with Crippen molar-refractivity contribution in [3.05, 3.63) is 76.6 Å². The van der Waals surface area contributed by atoms with Crippen LogP contribution in [-0.2, 0) is 28.6 Å². The monoisotopic (exact) mass is 482 g/mol. The average Bonchev–Trinajstić information content (AvgIpc) is 3.17. The molecule has 1 fully saturated rings. The number of Topliss-reactive ketones (excluding diaryl/α,β-unsaturated/α-hetero) is 1. The van der Waals surface area contributed by atoms with Gasteiger partial charge in [-0.1, -0.05) is 71.9 Å². The maximum absolute atomic E-state index is 13.3. The topological polar surface area (TPSA) is 68.1 Å². The van der Waals surface area contributed by atoms with Crippen molar-refractivity contribution >= 4 is 35.1 Å². The first-order valence-electron chi connectivity index (χ1n) is 11.0. The molecule has 6 nitrogen and oxygen atoms in total. The van der Waals surface area contributed by atoms with E-state index in [1.165, 1.54) is 11.8 Å². The molecule has 1 aliphatic carbocycles. The molecule has 0 bridgehead atoms. The molecule has 2 aromatic carbocycles.